The van der Waals surface area contributed by atoms with Crippen LogP contribution in [0.4, 0.5) is 10.7 Å². The number of carbonyl (C=O) groups is 2. The van der Waals surface area contributed by atoms with Gasteiger partial charge in [-0.25, -0.2) is 0 Å². The highest BCUT2D eigenvalue weighted by Crippen LogP contribution is 2.30. The number of nitrogens with two attached hydrogens (primary N) is 1. The maximum Gasteiger partial charge on any atom is 0.251 e. The third-order valence-electron chi connectivity index (χ3n) is 4.16. The molecule has 3 N–H and O–H groups in total. The summed E-state index contributed by atoms with van der Waals surface area (Å²) in [7, 11) is 0. The van der Waals surface area contributed by atoms with Gasteiger partial charge in [0.05, 0.1) is 12.1 Å². The smallest absolute Gasteiger partial charge is 0.251 e. The Balaban J connectivity index is 1.75. The minimum Gasteiger partial charge on any atom is -0.366 e. The number of amides is 2. The first-order chi connectivity index (χ1) is 11.1. The molecule has 2 aromatic rings. The third-order valence-corrected chi connectivity index (χ3v) is 4.99. The van der Waals surface area contributed by atoms with Gasteiger partial charge in [0.1, 0.15) is 5.00 Å². The monoisotopic (exact) mass is 329 g/mol. The van der Waals surface area contributed by atoms with Crippen molar-refractivity contribution in [3.05, 3.63) is 46.8 Å². The average Bonchev–Trinajstić information content (AvgIpc) is 2.98. The molecule has 1 aliphatic rings. The highest BCUT2D eigenvalue weighted by Gasteiger charge is 2.25. The van der Waals surface area contributed by atoms with E-state index in [1.165, 1.54) is 16.9 Å². The Morgan fingerprint density at radius 2 is 2.13 bits per heavy atom. The van der Waals surface area contributed by atoms with E-state index >= 15 is 0 Å². The van der Waals surface area contributed by atoms with Gasteiger partial charge in [0.25, 0.3) is 5.91 Å². The summed E-state index contributed by atoms with van der Waals surface area (Å²) in [6, 6.07) is 10.1. The molecule has 3 rings (SSSR count). The van der Waals surface area contributed by atoms with Crippen molar-refractivity contribution in [2.45, 2.75) is 25.8 Å². The van der Waals surface area contributed by atoms with Crippen molar-refractivity contribution in [3.8, 4) is 0 Å². The van der Waals surface area contributed by atoms with Gasteiger partial charge >= 0.3 is 0 Å². The molecule has 0 bridgehead atoms. The van der Waals surface area contributed by atoms with Gasteiger partial charge in [-0.05, 0) is 42.8 Å². The Morgan fingerprint density at radius 3 is 2.91 bits per heavy atom. The maximum atomic E-state index is 12.4. The van der Waals surface area contributed by atoms with Crippen LogP contribution in [0.2, 0.25) is 0 Å². The number of thiophene rings is 1. The molecule has 2 heterocycles. The predicted molar refractivity (Wildman–Crippen MR) is 93.0 cm³/mol. The lowest BCUT2D eigenvalue weighted by Gasteiger charge is -2.36. The second kappa shape index (κ2) is 6.42. The first-order valence-electron chi connectivity index (χ1n) is 7.58. The summed E-state index contributed by atoms with van der Waals surface area (Å²) in [6.45, 7) is 2.39. The Bertz CT molecular complexity index is 741. The van der Waals surface area contributed by atoms with Crippen molar-refractivity contribution in [2.24, 2.45) is 5.73 Å². The van der Waals surface area contributed by atoms with Crippen molar-refractivity contribution in [1.29, 1.82) is 0 Å². The normalized spacial score (nSPS) is 16.7. The number of nitrogens with zero attached hydrogens (tertiary/aromatic N) is 1. The van der Waals surface area contributed by atoms with Crippen LogP contribution in [0, 0.1) is 0 Å². The molecule has 23 heavy (non-hydrogen) atoms. The van der Waals surface area contributed by atoms with Crippen LogP contribution in [0.25, 0.3) is 0 Å². The molecule has 1 aromatic heterocycles. The number of rotatable bonds is 4. The number of hydrogen-bond donors (Lipinski definition) is 2. The lowest BCUT2D eigenvalue weighted by atomic mass is 9.97. The Morgan fingerprint density at radius 1 is 1.35 bits per heavy atom. The minimum atomic E-state index is -0.529. The second-order valence-corrected chi connectivity index (χ2v) is 6.64. The maximum absolute atomic E-state index is 12.4. The van der Waals surface area contributed by atoms with Gasteiger partial charge in [0, 0.05) is 11.7 Å². The molecule has 0 spiro atoms. The summed E-state index contributed by atoms with van der Waals surface area (Å²) < 4.78 is 0. The van der Waals surface area contributed by atoms with Gasteiger partial charge in [0.2, 0.25) is 5.91 Å². The molecule has 1 aliphatic heterocycles. The predicted octanol–water partition coefficient (Wildman–Crippen LogP) is 2.63. The standard InChI is InChI=1S/C17H19N3O2S/c1-11-6-7-12-4-2-3-5-14(12)20(11)10-15(21)19-17-13(16(18)22)8-9-23-17/h2-5,8-9,11H,6-7,10H2,1H3,(H2,18,22)(H,19,21)/t11-/m1/s1. The van der Waals surface area contributed by atoms with E-state index < -0.39 is 5.91 Å². The molecule has 1 aromatic carbocycles. The van der Waals surface area contributed by atoms with Gasteiger partial charge in [0.15, 0.2) is 0 Å². The van der Waals surface area contributed by atoms with Crippen molar-refractivity contribution in [2.75, 3.05) is 16.8 Å². The van der Waals surface area contributed by atoms with Crippen molar-refractivity contribution >= 4 is 33.8 Å². The van der Waals surface area contributed by atoms with E-state index in [9.17, 15) is 9.59 Å². The van der Waals surface area contributed by atoms with E-state index in [4.69, 9.17) is 5.73 Å². The van der Waals surface area contributed by atoms with E-state index in [-0.39, 0.29) is 12.5 Å². The van der Waals surface area contributed by atoms with E-state index in [0.29, 0.717) is 16.6 Å². The fourth-order valence-electron chi connectivity index (χ4n) is 2.92. The summed E-state index contributed by atoms with van der Waals surface area (Å²) in [6.07, 6.45) is 2.06. The molecule has 5 nitrogen and oxygen atoms in total. The summed E-state index contributed by atoms with van der Waals surface area (Å²) in [5.41, 5.74) is 8.05. The van der Waals surface area contributed by atoms with Gasteiger partial charge in [-0.2, -0.15) is 0 Å². The van der Waals surface area contributed by atoms with Crippen molar-refractivity contribution in [1.82, 2.24) is 0 Å². The summed E-state index contributed by atoms with van der Waals surface area (Å²) in [4.78, 5) is 25.9. The van der Waals surface area contributed by atoms with Crippen LogP contribution in [0.5, 0.6) is 0 Å². The molecule has 120 valence electrons. The van der Waals surface area contributed by atoms with Gasteiger partial charge in [-0.15, -0.1) is 11.3 Å². The van der Waals surface area contributed by atoms with Crippen LogP contribution >= 0.6 is 11.3 Å². The zero-order valence-corrected chi connectivity index (χ0v) is 13.7. The number of aryl methyl sites for hydroxylation is 1. The Labute approximate surface area is 139 Å². The zero-order chi connectivity index (χ0) is 16.4. The van der Waals surface area contributed by atoms with E-state index in [0.717, 1.165) is 18.5 Å². The van der Waals surface area contributed by atoms with Crippen LogP contribution in [0.1, 0.15) is 29.3 Å². The highest BCUT2D eigenvalue weighted by molar-refractivity contribution is 7.14. The van der Waals surface area contributed by atoms with Crippen LogP contribution in [0.3, 0.4) is 0 Å². The van der Waals surface area contributed by atoms with Crippen molar-refractivity contribution in [3.63, 3.8) is 0 Å². The summed E-state index contributed by atoms with van der Waals surface area (Å²) >= 11 is 1.30. The molecule has 0 unspecified atom stereocenters. The van der Waals surface area contributed by atoms with Crippen LogP contribution in [-0.4, -0.2) is 24.4 Å². The number of primary amides is 1. The molecule has 0 saturated carbocycles. The van der Waals surface area contributed by atoms with Crippen LogP contribution < -0.4 is 16.0 Å². The topological polar surface area (TPSA) is 75.4 Å². The molecule has 0 radical (unpaired) electrons. The number of para-hydroxylation sites is 1. The molecule has 6 heteroatoms. The number of carbonyl (C=O) groups excluding carboxylic acids is 2. The fraction of sp³-hybridized carbons (Fsp3) is 0.294. The fourth-order valence-corrected chi connectivity index (χ4v) is 3.73. The first-order valence-corrected chi connectivity index (χ1v) is 8.46. The summed E-state index contributed by atoms with van der Waals surface area (Å²) in [5, 5.41) is 5.07. The molecular formula is C17H19N3O2S. The van der Waals surface area contributed by atoms with E-state index in [2.05, 4.69) is 29.3 Å². The number of benzene rings is 1. The quantitative estimate of drug-likeness (QED) is 0.905. The molecular weight excluding hydrogens is 310 g/mol. The zero-order valence-electron chi connectivity index (χ0n) is 12.9. The first kappa shape index (κ1) is 15.6. The lowest BCUT2D eigenvalue weighted by Crippen LogP contribution is -2.42. The Kier molecular flexibility index (Phi) is 4.34. The van der Waals surface area contributed by atoms with Crippen molar-refractivity contribution < 1.29 is 9.59 Å². The largest absolute Gasteiger partial charge is 0.366 e. The number of nitrogens with one attached hydrogen (secondary N) is 1. The second-order valence-electron chi connectivity index (χ2n) is 5.72. The van der Waals surface area contributed by atoms with Gasteiger partial charge in [-0.1, -0.05) is 18.2 Å². The number of hydrogen-bond acceptors (Lipinski definition) is 4. The number of anilines is 2. The van der Waals surface area contributed by atoms with Gasteiger partial charge in [-0.3, -0.25) is 9.59 Å². The molecule has 0 aliphatic carbocycles. The van der Waals surface area contributed by atoms with E-state index in [1.54, 1.807) is 11.4 Å². The SMILES string of the molecule is C[C@@H]1CCc2ccccc2N1CC(=O)Nc1sccc1C(N)=O. The average molecular weight is 329 g/mol. The molecule has 2 amide bonds. The number of fused-ring (bicyclic) bond motifs is 1. The van der Waals surface area contributed by atoms with E-state index in [1.807, 2.05) is 12.1 Å². The summed E-state index contributed by atoms with van der Waals surface area (Å²) in [5.74, 6) is -0.670. The lowest BCUT2D eigenvalue weighted by molar-refractivity contribution is -0.115. The molecule has 0 fully saturated rings. The Hall–Kier alpha value is -2.34. The third kappa shape index (κ3) is 3.22. The molecule has 1 atom stereocenters. The highest BCUT2D eigenvalue weighted by atomic mass is 32.1. The minimum absolute atomic E-state index is 0.140. The van der Waals surface area contributed by atoms with Gasteiger partial charge < -0.3 is 16.0 Å². The molecule has 0 saturated heterocycles. The van der Waals surface area contributed by atoms with Crippen LogP contribution in [0.15, 0.2) is 35.7 Å². The van der Waals surface area contributed by atoms with Crippen LogP contribution in [-0.2, 0) is 11.2 Å².